The molecule has 0 unspecified atom stereocenters. The van der Waals surface area contributed by atoms with Crippen molar-refractivity contribution in [1.82, 2.24) is 19.8 Å². The van der Waals surface area contributed by atoms with Crippen molar-refractivity contribution < 1.29 is 14.0 Å². The van der Waals surface area contributed by atoms with E-state index in [1.807, 2.05) is 35.0 Å². The second kappa shape index (κ2) is 9.44. The summed E-state index contributed by atoms with van der Waals surface area (Å²) in [5, 5.41) is 3.11. The van der Waals surface area contributed by atoms with Gasteiger partial charge in [-0.2, -0.15) is 0 Å². The molecule has 0 radical (unpaired) electrons. The summed E-state index contributed by atoms with van der Waals surface area (Å²) in [7, 11) is 1.84. The molecule has 180 valence electrons. The van der Waals surface area contributed by atoms with Crippen molar-refractivity contribution in [1.29, 1.82) is 0 Å². The van der Waals surface area contributed by atoms with E-state index < -0.39 is 5.41 Å². The summed E-state index contributed by atoms with van der Waals surface area (Å²) in [5.41, 5.74) is 1.77. The number of nitrogens with one attached hydrogen (secondary N) is 1. The SMILES string of the molecule is CN1C(=O)C2(CCN(C(=O)c3cccc(Nc4ncccn4)c3)CC2)C[C@H]1Cc1cccc(F)c1. The highest BCUT2D eigenvalue weighted by molar-refractivity contribution is 5.95. The summed E-state index contributed by atoms with van der Waals surface area (Å²) >= 11 is 0. The van der Waals surface area contributed by atoms with Crippen molar-refractivity contribution in [2.45, 2.75) is 31.7 Å². The standard InChI is InChI=1S/C27H28FN5O2/c1-32-23(16-19-5-2-7-21(28)15-19)18-27(25(32)35)9-13-33(14-10-27)24(34)20-6-3-8-22(17-20)31-26-29-11-4-12-30-26/h2-8,11-12,15,17,23H,9-10,13-14,16,18H2,1H3,(H,29,30,31)/t23-/m1/s1. The van der Waals surface area contributed by atoms with Crippen LogP contribution in [0.15, 0.2) is 67.0 Å². The quantitative estimate of drug-likeness (QED) is 0.605. The highest BCUT2D eigenvalue weighted by Gasteiger charge is 2.51. The third-order valence-electron chi connectivity index (χ3n) is 7.25. The maximum Gasteiger partial charge on any atom is 0.253 e. The lowest BCUT2D eigenvalue weighted by Crippen LogP contribution is -2.46. The number of hydrogen-bond acceptors (Lipinski definition) is 5. The minimum atomic E-state index is -0.447. The van der Waals surface area contributed by atoms with Crippen LogP contribution in [0.3, 0.4) is 0 Å². The van der Waals surface area contributed by atoms with Crippen LogP contribution in [-0.2, 0) is 11.2 Å². The first kappa shape index (κ1) is 23.0. The lowest BCUT2D eigenvalue weighted by Gasteiger charge is -2.37. The molecule has 2 aliphatic heterocycles. The number of halogens is 1. The Labute approximate surface area is 204 Å². The Kier molecular flexibility index (Phi) is 6.19. The van der Waals surface area contributed by atoms with Crippen molar-refractivity contribution >= 4 is 23.5 Å². The first-order valence-corrected chi connectivity index (χ1v) is 11.9. The Bertz CT molecular complexity index is 1230. The Balaban J connectivity index is 1.23. The molecule has 2 saturated heterocycles. The van der Waals surface area contributed by atoms with Crippen LogP contribution in [0.2, 0.25) is 0 Å². The molecule has 35 heavy (non-hydrogen) atoms. The zero-order valence-electron chi connectivity index (χ0n) is 19.7. The number of hydrogen-bond donors (Lipinski definition) is 1. The largest absolute Gasteiger partial charge is 0.342 e. The van der Waals surface area contributed by atoms with E-state index in [0.29, 0.717) is 43.9 Å². The van der Waals surface area contributed by atoms with Crippen LogP contribution in [-0.4, -0.2) is 57.8 Å². The van der Waals surface area contributed by atoms with Gasteiger partial charge in [-0.05, 0) is 67.6 Å². The molecule has 3 heterocycles. The number of piperidine rings is 1. The van der Waals surface area contributed by atoms with Gasteiger partial charge < -0.3 is 15.1 Å². The van der Waals surface area contributed by atoms with Gasteiger partial charge in [-0.1, -0.05) is 18.2 Å². The molecule has 1 atom stereocenters. The fourth-order valence-electron chi connectivity index (χ4n) is 5.32. The van der Waals surface area contributed by atoms with Crippen molar-refractivity contribution in [3.05, 3.63) is 83.9 Å². The molecule has 0 saturated carbocycles. The minimum Gasteiger partial charge on any atom is -0.342 e. The Morgan fingerprint density at radius 1 is 1.09 bits per heavy atom. The second-order valence-corrected chi connectivity index (χ2v) is 9.46. The van der Waals surface area contributed by atoms with Gasteiger partial charge in [-0.25, -0.2) is 14.4 Å². The minimum absolute atomic E-state index is 0.0366. The van der Waals surface area contributed by atoms with Gasteiger partial charge in [0.1, 0.15) is 5.82 Å². The molecular formula is C27H28FN5O2. The monoisotopic (exact) mass is 473 g/mol. The lowest BCUT2D eigenvalue weighted by atomic mass is 9.75. The van der Waals surface area contributed by atoms with E-state index in [1.54, 1.807) is 36.7 Å². The number of amides is 2. The van der Waals surface area contributed by atoms with Crippen LogP contribution >= 0.6 is 0 Å². The molecule has 7 nitrogen and oxygen atoms in total. The number of carbonyl (C=O) groups excluding carboxylic acids is 2. The van der Waals surface area contributed by atoms with Crippen LogP contribution in [0.5, 0.6) is 0 Å². The molecule has 0 aliphatic carbocycles. The van der Waals surface area contributed by atoms with Crippen LogP contribution in [0.4, 0.5) is 16.0 Å². The molecular weight excluding hydrogens is 445 g/mol. The number of benzene rings is 2. The number of likely N-dealkylation sites (N-methyl/N-ethyl adjacent to an activating group) is 1. The van der Waals surface area contributed by atoms with Gasteiger partial charge in [0.25, 0.3) is 5.91 Å². The summed E-state index contributed by atoms with van der Waals surface area (Å²) in [6.45, 7) is 1.06. The van der Waals surface area contributed by atoms with E-state index in [9.17, 15) is 14.0 Å². The number of anilines is 2. The first-order chi connectivity index (χ1) is 16.9. The van der Waals surface area contributed by atoms with Crippen LogP contribution in [0, 0.1) is 11.2 Å². The first-order valence-electron chi connectivity index (χ1n) is 11.9. The molecule has 1 N–H and O–H groups in total. The second-order valence-electron chi connectivity index (χ2n) is 9.46. The molecule has 3 aromatic rings. The average Bonchev–Trinajstić information content (AvgIpc) is 3.09. The summed E-state index contributed by atoms with van der Waals surface area (Å²) in [4.78, 5) is 38.4. The maximum absolute atomic E-state index is 13.6. The van der Waals surface area contributed by atoms with E-state index in [4.69, 9.17) is 0 Å². The van der Waals surface area contributed by atoms with Gasteiger partial charge in [0.05, 0.1) is 5.41 Å². The van der Waals surface area contributed by atoms with Crippen LogP contribution in [0.1, 0.15) is 35.2 Å². The number of carbonyl (C=O) groups is 2. The Morgan fingerprint density at radius 3 is 2.57 bits per heavy atom. The third kappa shape index (κ3) is 4.73. The average molecular weight is 474 g/mol. The van der Waals surface area contributed by atoms with E-state index in [1.165, 1.54) is 12.1 Å². The summed E-state index contributed by atoms with van der Waals surface area (Å²) < 4.78 is 13.6. The predicted molar refractivity (Wildman–Crippen MR) is 131 cm³/mol. The van der Waals surface area contributed by atoms with Crippen molar-refractivity contribution in [2.75, 3.05) is 25.5 Å². The summed E-state index contributed by atoms with van der Waals surface area (Å²) in [6.07, 6.45) is 5.94. The molecule has 5 rings (SSSR count). The number of nitrogens with zero attached hydrogens (tertiary/aromatic N) is 4. The Morgan fingerprint density at radius 2 is 1.83 bits per heavy atom. The van der Waals surface area contributed by atoms with Gasteiger partial charge in [-0.3, -0.25) is 9.59 Å². The van der Waals surface area contributed by atoms with Crippen molar-refractivity contribution in [3.8, 4) is 0 Å². The molecule has 0 bridgehead atoms. The zero-order valence-corrected chi connectivity index (χ0v) is 19.7. The van der Waals surface area contributed by atoms with Crippen LogP contribution < -0.4 is 5.32 Å². The number of aromatic nitrogens is 2. The zero-order chi connectivity index (χ0) is 24.4. The predicted octanol–water partition coefficient (Wildman–Crippen LogP) is 4.06. The number of likely N-dealkylation sites (tertiary alicyclic amines) is 2. The van der Waals surface area contributed by atoms with Crippen LogP contribution in [0.25, 0.3) is 0 Å². The smallest absolute Gasteiger partial charge is 0.253 e. The normalized spacial score (nSPS) is 19.3. The van der Waals surface area contributed by atoms with E-state index in [2.05, 4.69) is 15.3 Å². The molecule has 1 aromatic heterocycles. The van der Waals surface area contributed by atoms with Crippen molar-refractivity contribution in [3.63, 3.8) is 0 Å². The maximum atomic E-state index is 13.6. The highest BCUT2D eigenvalue weighted by atomic mass is 19.1. The lowest BCUT2D eigenvalue weighted by molar-refractivity contribution is -0.137. The fourth-order valence-corrected chi connectivity index (χ4v) is 5.32. The third-order valence-corrected chi connectivity index (χ3v) is 7.25. The van der Waals surface area contributed by atoms with Gasteiger partial charge in [-0.15, -0.1) is 0 Å². The van der Waals surface area contributed by atoms with E-state index in [-0.39, 0.29) is 23.7 Å². The topological polar surface area (TPSA) is 78.4 Å². The number of rotatable bonds is 5. The fraction of sp³-hybridized carbons (Fsp3) is 0.333. The van der Waals surface area contributed by atoms with Gasteiger partial charge >= 0.3 is 0 Å². The molecule has 2 fully saturated rings. The Hall–Kier alpha value is -3.81. The van der Waals surface area contributed by atoms with E-state index in [0.717, 1.165) is 17.7 Å². The van der Waals surface area contributed by atoms with Gasteiger partial charge in [0, 0.05) is 49.8 Å². The summed E-state index contributed by atoms with van der Waals surface area (Å²) in [5.74, 6) is 0.299. The van der Waals surface area contributed by atoms with Crippen molar-refractivity contribution in [2.24, 2.45) is 5.41 Å². The molecule has 1 spiro atoms. The highest BCUT2D eigenvalue weighted by Crippen LogP contribution is 2.45. The molecule has 2 aromatic carbocycles. The summed E-state index contributed by atoms with van der Waals surface area (Å²) in [6, 6.07) is 15.7. The van der Waals surface area contributed by atoms with Gasteiger partial charge in [0.15, 0.2) is 0 Å². The van der Waals surface area contributed by atoms with E-state index >= 15 is 0 Å². The molecule has 2 amide bonds. The molecule has 2 aliphatic rings. The van der Waals surface area contributed by atoms with Gasteiger partial charge in [0.2, 0.25) is 11.9 Å². The molecule has 8 heteroatoms.